The molecule has 0 aromatic rings. The largest absolute Gasteiger partial charge is 0.314 e. The van der Waals surface area contributed by atoms with Gasteiger partial charge in [-0.3, -0.25) is 0 Å². The maximum absolute atomic E-state index is 12.5. The Labute approximate surface area is 128 Å². The zero-order chi connectivity index (χ0) is 15.2. The molecule has 120 valence electrons. The Kier molecular flexibility index (Phi) is 7.82. The van der Waals surface area contributed by atoms with E-state index in [0.29, 0.717) is 31.6 Å². The minimum absolute atomic E-state index is 0.426. The molecule has 5 nitrogen and oxygen atoms in total. The molecule has 0 bridgehead atoms. The van der Waals surface area contributed by atoms with Gasteiger partial charge in [-0.1, -0.05) is 13.8 Å². The van der Waals surface area contributed by atoms with E-state index in [2.05, 4.69) is 19.2 Å². The Morgan fingerprint density at radius 1 is 1.45 bits per heavy atom. The second-order valence-corrected chi connectivity index (χ2v) is 8.77. The molecule has 1 saturated heterocycles. The zero-order valence-corrected chi connectivity index (χ0v) is 14.8. The Balaban J connectivity index is 2.56. The summed E-state index contributed by atoms with van der Waals surface area (Å²) in [6.07, 6.45) is 4.06. The summed E-state index contributed by atoms with van der Waals surface area (Å²) < 4.78 is 28.1. The van der Waals surface area contributed by atoms with E-state index < -0.39 is 10.2 Å². The molecule has 1 fully saturated rings. The smallest absolute Gasteiger partial charge is 0.281 e. The molecule has 1 aliphatic rings. The Bertz CT molecular complexity index is 374. The molecular weight excluding hydrogens is 294 g/mol. The van der Waals surface area contributed by atoms with Crippen molar-refractivity contribution in [2.45, 2.75) is 32.7 Å². The third-order valence-corrected chi connectivity index (χ3v) is 6.17. The van der Waals surface area contributed by atoms with E-state index in [9.17, 15) is 8.42 Å². The minimum Gasteiger partial charge on any atom is -0.314 e. The van der Waals surface area contributed by atoms with E-state index in [1.54, 1.807) is 23.1 Å². The van der Waals surface area contributed by atoms with Gasteiger partial charge in [0.2, 0.25) is 0 Å². The van der Waals surface area contributed by atoms with Gasteiger partial charge in [0.05, 0.1) is 0 Å². The first-order valence-electron chi connectivity index (χ1n) is 7.31. The molecule has 0 aromatic heterocycles. The van der Waals surface area contributed by atoms with Crippen molar-refractivity contribution in [3.63, 3.8) is 0 Å². The molecule has 0 spiro atoms. The molecule has 7 heteroatoms. The number of nitrogens with one attached hydrogen (secondary N) is 1. The quantitative estimate of drug-likeness (QED) is 0.730. The van der Waals surface area contributed by atoms with Crippen LogP contribution in [0.3, 0.4) is 0 Å². The second kappa shape index (κ2) is 8.58. The molecule has 20 heavy (non-hydrogen) atoms. The highest BCUT2D eigenvalue weighted by Crippen LogP contribution is 2.20. The fraction of sp³-hybridized carbons (Fsp3) is 1.00. The van der Waals surface area contributed by atoms with Crippen LogP contribution in [-0.2, 0) is 10.2 Å². The van der Waals surface area contributed by atoms with Crippen LogP contribution in [0.4, 0.5) is 0 Å². The summed E-state index contributed by atoms with van der Waals surface area (Å²) in [5.41, 5.74) is 0. The first kappa shape index (κ1) is 18.2. The van der Waals surface area contributed by atoms with Crippen LogP contribution in [-0.4, -0.2) is 68.3 Å². The predicted octanol–water partition coefficient (Wildman–Crippen LogP) is 1.24. The number of nitrogens with zero attached hydrogens (tertiary/aromatic N) is 2. The number of piperidine rings is 1. The van der Waals surface area contributed by atoms with E-state index in [4.69, 9.17) is 0 Å². The highest BCUT2D eigenvalue weighted by atomic mass is 32.2. The van der Waals surface area contributed by atoms with E-state index in [0.717, 1.165) is 25.1 Å². The summed E-state index contributed by atoms with van der Waals surface area (Å²) in [5, 5.41) is 3.41. The highest BCUT2D eigenvalue weighted by Gasteiger charge is 2.31. The first-order valence-corrected chi connectivity index (χ1v) is 10.1. The fourth-order valence-corrected chi connectivity index (χ4v) is 4.39. The van der Waals surface area contributed by atoms with Gasteiger partial charge in [0.1, 0.15) is 0 Å². The Hall–Kier alpha value is 0.180. The van der Waals surface area contributed by atoms with Crippen molar-refractivity contribution in [2.75, 3.05) is 45.2 Å². The summed E-state index contributed by atoms with van der Waals surface area (Å²) in [4.78, 5) is 0. The Morgan fingerprint density at radius 3 is 2.75 bits per heavy atom. The van der Waals surface area contributed by atoms with Crippen LogP contribution < -0.4 is 5.32 Å². The van der Waals surface area contributed by atoms with E-state index in [-0.39, 0.29) is 0 Å². The average molecular weight is 324 g/mol. The van der Waals surface area contributed by atoms with Crippen molar-refractivity contribution in [2.24, 2.45) is 5.92 Å². The van der Waals surface area contributed by atoms with Crippen molar-refractivity contribution < 1.29 is 8.42 Å². The first-order chi connectivity index (χ1) is 9.37. The van der Waals surface area contributed by atoms with Gasteiger partial charge in [0.25, 0.3) is 10.2 Å². The van der Waals surface area contributed by atoms with Crippen LogP contribution in [0.25, 0.3) is 0 Å². The van der Waals surface area contributed by atoms with Crippen molar-refractivity contribution in [1.82, 2.24) is 13.9 Å². The standard InChI is InChI=1S/C13H29N3O2S2/c1-12(2)14-10-13-6-5-7-16(11-13)20(17,18)15(3)8-9-19-4/h12-14H,5-11H2,1-4H3. The van der Waals surface area contributed by atoms with Gasteiger partial charge in [-0.25, -0.2) is 0 Å². The van der Waals surface area contributed by atoms with Gasteiger partial charge in [0, 0.05) is 38.5 Å². The molecule has 0 radical (unpaired) electrons. The van der Waals surface area contributed by atoms with Crippen LogP contribution in [0.5, 0.6) is 0 Å². The predicted molar refractivity (Wildman–Crippen MR) is 87.4 cm³/mol. The second-order valence-electron chi connectivity index (χ2n) is 5.75. The fourth-order valence-electron chi connectivity index (χ4n) is 2.34. The normalized spacial score (nSPS) is 21.8. The average Bonchev–Trinajstić information content (AvgIpc) is 2.42. The van der Waals surface area contributed by atoms with Crippen LogP contribution in [0.15, 0.2) is 0 Å². The summed E-state index contributed by atoms with van der Waals surface area (Å²) in [6.45, 7) is 7.02. The molecular formula is C13H29N3O2S2. The topological polar surface area (TPSA) is 52.7 Å². The van der Waals surface area contributed by atoms with Crippen LogP contribution in [0.2, 0.25) is 0 Å². The summed E-state index contributed by atoms with van der Waals surface area (Å²) in [7, 11) is -1.60. The van der Waals surface area contributed by atoms with Gasteiger partial charge >= 0.3 is 0 Å². The SMILES string of the molecule is CSCCN(C)S(=O)(=O)N1CCCC(CNC(C)C)C1. The number of hydrogen-bond donors (Lipinski definition) is 1. The molecule has 1 rings (SSSR count). The lowest BCUT2D eigenvalue weighted by Gasteiger charge is -2.34. The van der Waals surface area contributed by atoms with E-state index in [1.165, 1.54) is 4.31 Å². The van der Waals surface area contributed by atoms with Crippen LogP contribution in [0, 0.1) is 5.92 Å². The number of hydrogen-bond acceptors (Lipinski definition) is 4. The molecule has 0 saturated carbocycles. The van der Waals surface area contributed by atoms with Gasteiger partial charge in [0.15, 0.2) is 0 Å². The lowest BCUT2D eigenvalue weighted by atomic mass is 9.99. The lowest BCUT2D eigenvalue weighted by Crippen LogP contribution is -2.49. The van der Waals surface area contributed by atoms with Crippen molar-refractivity contribution in [3.05, 3.63) is 0 Å². The van der Waals surface area contributed by atoms with Gasteiger partial charge in [-0.2, -0.15) is 28.8 Å². The molecule has 0 aromatic carbocycles. The van der Waals surface area contributed by atoms with Crippen LogP contribution >= 0.6 is 11.8 Å². The van der Waals surface area contributed by atoms with Gasteiger partial charge < -0.3 is 5.32 Å². The molecule has 1 atom stereocenters. The zero-order valence-electron chi connectivity index (χ0n) is 13.1. The molecule has 1 aliphatic heterocycles. The van der Waals surface area contributed by atoms with Crippen LogP contribution in [0.1, 0.15) is 26.7 Å². The molecule has 1 N–H and O–H groups in total. The van der Waals surface area contributed by atoms with E-state index >= 15 is 0 Å². The number of thioether (sulfide) groups is 1. The maximum atomic E-state index is 12.5. The van der Waals surface area contributed by atoms with Gasteiger partial charge in [-0.15, -0.1) is 0 Å². The monoisotopic (exact) mass is 323 g/mol. The molecule has 1 unspecified atom stereocenters. The van der Waals surface area contributed by atoms with Crippen molar-refractivity contribution in [1.29, 1.82) is 0 Å². The van der Waals surface area contributed by atoms with E-state index in [1.807, 2.05) is 6.26 Å². The third-order valence-electron chi connectivity index (χ3n) is 3.63. The van der Waals surface area contributed by atoms with Gasteiger partial charge in [-0.05, 0) is 31.6 Å². The van der Waals surface area contributed by atoms with Crippen molar-refractivity contribution in [3.8, 4) is 0 Å². The lowest BCUT2D eigenvalue weighted by molar-refractivity contribution is 0.244. The number of rotatable bonds is 8. The molecule has 1 heterocycles. The minimum atomic E-state index is -3.28. The highest BCUT2D eigenvalue weighted by molar-refractivity contribution is 7.98. The Morgan fingerprint density at radius 2 is 2.15 bits per heavy atom. The summed E-state index contributed by atoms with van der Waals surface area (Å²) >= 11 is 1.67. The molecule has 0 aliphatic carbocycles. The van der Waals surface area contributed by atoms with Crippen molar-refractivity contribution >= 4 is 22.0 Å². The third kappa shape index (κ3) is 5.52. The maximum Gasteiger partial charge on any atom is 0.281 e. The summed E-state index contributed by atoms with van der Waals surface area (Å²) in [6, 6.07) is 0.450. The summed E-state index contributed by atoms with van der Waals surface area (Å²) in [5.74, 6) is 1.26. The molecule has 0 amide bonds.